The molecule has 0 aliphatic carbocycles. The van der Waals surface area contributed by atoms with Crippen molar-refractivity contribution in [1.82, 2.24) is 0 Å². The number of rotatable bonds is 4. The molecule has 0 spiro atoms. The van der Waals surface area contributed by atoms with Crippen LogP contribution in [0.15, 0.2) is 0 Å². The van der Waals surface area contributed by atoms with Gasteiger partial charge < -0.3 is 19.9 Å². The van der Waals surface area contributed by atoms with Gasteiger partial charge >= 0.3 is 12.1 Å². The Labute approximate surface area is 127 Å². The average Bonchev–Trinajstić information content (AvgIpc) is 2.39. The quantitative estimate of drug-likeness (QED) is 0.627. The van der Waals surface area contributed by atoms with Crippen molar-refractivity contribution in [2.45, 2.75) is 50.6 Å². The zero-order chi connectivity index (χ0) is 15.2. The molecule has 1 heterocycles. The van der Waals surface area contributed by atoms with Gasteiger partial charge in [0.1, 0.15) is 18.2 Å². The summed E-state index contributed by atoms with van der Waals surface area (Å²) in [6.45, 7) is 1.98. The number of alkyl halides is 3. The highest BCUT2D eigenvalue weighted by Crippen LogP contribution is 2.21. The van der Waals surface area contributed by atoms with Gasteiger partial charge in [-0.1, -0.05) is 0 Å². The molecule has 0 aromatic rings. The maximum Gasteiger partial charge on any atom is 0.389 e. The van der Waals surface area contributed by atoms with Gasteiger partial charge in [0.15, 0.2) is 0 Å². The normalized spacial score (nSPS) is 27.9. The van der Waals surface area contributed by atoms with Crippen LogP contribution < -0.4 is 5.73 Å². The van der Waals surface area contributed by atoms with E-state index >= 15 is 0 Å². The standard InChI is InChI=1S/C12H20F3NO4.ClH/c1-8-10(19-5-2-4-12(13,14)15)7-18-6-3-9(16)11(17)20-8;/h8-10H,2-7,16H2,1H3;1H/t8-,9-,10+;/m0./s1. The lowest BCUT2D eigenvalue weighted by Gasteiger charge is -2.23. The molecule has 0 aromatic carbocycles. The third kappa shape index (κ3) is 8.45. The van der Waals surface area contributed by atoms with Crippen molar-refractivity contribution in [3.63, 3.8) is 0 Å². The predicted octanol–water partition coefficient (Wildman–Crippen LogP) is 1.82. The zero-order valence-corrected chi connectivity index (χ0v) is 12.5. The Balaban J connectivity index is 0.00000400. The molecule has 1 rings (SSSR count). The Morgan fingerprint density at radius 1 is 1.43 bits per heavy atom. The molecule has 1 aliphatic rings. The van der Waals surface area contributed by atoms with Gasteiger partial charge in [0.05, 0.1) is 6.61 Å². The highest BCUT2D eigenvalue weighted by molar-refractivity contribution is 5.85. The van der Waals surface area contributed by atoms with E-state index in [4.69, 9.17) is 19.9 Å². The molecule has 0 amide bonds. The van der Waals surface area contributed by atoms with Crippen LogP contribution in [0.2, 0.25) is 0 Å². The van der Waals surface area contributed by atoms with Gasteiger partial charge in [-0.15, -0.1) is 12.4 Å². The van der Waals surface area contributed by atoms with Gasteiger partial charge in [-0.2, -0.15) is 13.2 Å². The molecule has 0 aromatic heterocycles. The van der Waals surface area contributed by atoms with Gasteiger partial charge in [-0.25, -0.2) is 0 Å². The molecular weight excluding hydrogens is 315 g/mol. The third-order valence-electron chi connectivity index (χ3n) is 2.92. The highest BCUT2D eigenvalue weighted by Gasteiger charge is 2.29. The first-order valence-electron chi connectivity index (χ1n) is 6.52. The molecule has 1 aliphatic heterocycles. The van der Waals surface area contributed by atoms with Crippen LogP contribution in [0.3, 0.4) is 0 Å². The molecule has 1 saturated heterocycles. The maximum absolute atomic E-state index is 12.0. The van der Waals surface area contributed by atoms with Crippen LogP contribution in [0.5, 0.6) is 0 Å². The molecule has 0 radical (unpaired) electrons. The first kappa shape index (κ1) is 20.4. The second-order valence-corrected chi connectivity index (χ2v) is 4.74. The minimum Gasteiger partial charge on any atom is -0.459 e. The highest BCUT2D eigenvalue weighted by atomic mass is 35.5. The van der Waals surface area contributed by atoms with Gasteiger partial charge in [0.25, 0.3) is 0 Å². The van der Waals surface area contributed by atoms with Crippen LogP contribution >= 0.6 is 12.4 Å². The van der Waals surface area contributed by atoms with E-state index in [1.54, 1.807) is 6.92 Å². The minimum absolute atomic E-state index is 0. The van der Waals surface area contributed by atoms with E-state index in [2.05, 4.69) is 0 Å². The summed E-state index contributed by atoms with van der Waals surface area (Å²) in [7, 11) is 0. The lowest BCUT2D eigenvalue weighted by Crippen LogP contribution is -2.38. The van der Waals surface area contributed by atoms with Crippen LogP contribution in [0.1, 0.15) is 26.2 Å². The molecule has 126 valence electrons. The van der Waals surface area contributed by atoms with Gasteiger partial charge in [-0.3, -0.25) is 4.79 Å². The van der Waals surface area contributed by atoms with E-state index in [9.17, 15) is 18.0 Å². The van der Waals surface area contributed by atoms with Crippen LogP contribution in [-0.2, 0) is 19.0 Å². The second kappa shape index (κ2) is 9.45. The molecule has 9 heteroatoms. The van der Waals surface area contributed by atoms with Crippen molar-refractivity contribution in [2.75, 3.05) is 19.8 Å². The lowest BCUT2D eigenvalue weighted by molar-refractivity contribution is -0.160. The van der Waals surface area contributed by atoms with Gasteiger partial charge in [0, 0.05) is 19.6 Å². The molecular formula is C12H21ClF3NO4. The summed E-state index contributed by atoms with van der Waals surface area (Å²) >= 11 is 0. The average molecular weight is 336 g/mol. The fourth-order valence-corrected chi connectivity index (χ4v) is 1.70. The Bertz CT molecular complexity index is 317. The van der Waals surface area contributed by atoms with E-state index in [-0.39, 0.29) is 38.6 Å². The van der Waals surface area contributed by atoms with Crippen LogP contribution in [-0.4, -0.2) is 50.2 Å². The molecule has 1 fully saturated rings. The molecule has 5 nitrogen and oxygen atoms in total. The summed E-state index contributed by atoms with van der Waals surface area (Å²) in [5, 5.41) is 0. The summed E-state index contributed by atoms with van der Waals surface area (Å²) in [6.07, 6.45) is -6.09. The fraction of sp³-hybridized carbons (Fsp3) is 0.917. The van der Waals surface area contributed by atoms with Crippen LogP contribution in [0.25, 0.3) is 0 Å². The number of hydrogen-bond donors (Lipinski definition) is 1. The van der Waals surface area contributed by atoms with E-state index < -0.39 is 36.8 Å². The summed E-state index contributed by atoms with van der Waals surface area (Å²) in [4.78, 5) is 11.5. The van der Waals surface area contributed by atoms with E-state index in [1.807, 2.05) is 0 Å². The Hall–Kier alpha value is -0.570. The number of carbonyl (C=O) groups excluding carboxylic acids is 1. The van der Waals surface area contributed by atoms with E-state index in [1.165, 1.54) is 0 Å². The van der Waals surface area contributed by atoms with Crippen molar-refractivity contribution >= 4 is 18.4 Å². The summed E-state index contributed by atoms with van der Waals surface area (Å²) in [5.41, 5.74) is 5.57. The number of ether oxygens (including phenoxy) is 3. The van der Waals surface area contributed by atoms with E-state index in [0.717, 1.165) is 0 Å². The molecule has 21 heavy (non-hydrogen) atoms. The first-order valence-corrected chi connectivity index (χ1v) is 6.52. The molecule has 2 N–H and O–H groups in total. The molecule has 0 unspecified atom stereocenters. The maximum atomic E-state index is 12.0. The fourth-order valence-electron chi connectivity index (χ4n) is 1.70. The van der Waals surface area contributed by atoms with Crippen molar-refractivity contribution in [1.29, 1.82) is 0 Å². The van der Waals surface area contributed by atoms with E-state index in [0.29, 0.717) is 6.42 Å². The molecule has 0 saturated carbocycles. The van der Waals surface area contributed by atoms with Gasteiger partial charge in [-0.05, 0) is 19.8 Å². The largest absolute Gasteiger partial charge is 0.459 e. The number of esters is 1. The molecule has 0 bridgehead atoms. The summed E-state index contributed by atoms with van der Waals surface area (Å²) in [5.74, 6) is -0.549. The second-order valence-electron chi connectivity index (χ2n) is 4.74. The van der Waals surface area contributed by atoms with Crippen LogP contribution in [0.4, 0.5) is 13.2 Å². The summed E-state index contributed by atoms with van der Waals surface area (Å²) < 4.78 is 51.7. The predicted molar refractivity (Wildman–Crippen MR) is 71.2 cm³/mol. The number of hydrogen-bond acceptors (Lipinski definition) is 5. The Kier molecular flexibility index (Phi) is 9.19. The lowest BCUT2D eigenvalue weighted by atomic mass is 10.2. The summed E-state index contributed by atoms with van der Waals surface area (Å²) in [6, 6.07) is -0.749. The van der Waals surface area contributed by atoms with Crippen molar-refractivity contribution in [2.24, 2.45) is 5.73 Å². The van der Waals surface area contributed by atoms with Crippen molar-refractivity contribution in [3.05, 3.63) is 0 Å². The van der Waals surface area contributed by atoms with Gasteiger partial charge in [0.2, 0.25) is 0 Å². The smallest absolute Gasteiger partial charge is 0.389 e. The van der Waals surface area contributed by atoms with Crippen LogP contribution in [0, 0.1) is 0 Å². The number of cyclic esters (lactones) is 1. The third-order valence-corrected chi connectivity index (χ3v) is 2.92. The number of halogens is 4. The first-order chi connectivity index (χ1) is 9.29. The number of nitrogens with two attached hydrogens (primary N) is 1. The minimum atomic E-state index is -4.19. The zero-order valence-electron chi connectivity index (χ0n) is 11.7. The Morgan fingerprint density at radius 3 is 2.71 bits per heavy atom. The monoisotopic (exact) mass is 335 g/mol. The topological polar surface area (TPSA) is 70.8 Å². The van der Waals surface area contributed by atoms with Crippen molar-refractivity contribution < 1.29 is 32.2 Å². The number of carbonyl (C=O) groups is 1. The molecule has 3 atom stereocenters. The Morgan fingerprint density at radius 2 is 2.10 bits per heavy atom. The van der Waals surface area contributed by atoms with Crippen molar-refractivity contribution in [3.8, 4) is 0 Å². The SMILES string of the molecule is C[C@@H]1OC(=O)[C@@H](N)CCOC[C@H]1OCCCC(F)(F)F.Cl.